The van der Waals surface area contributed by atoms with Crippen LogP contribution < -0.4 is 4.90 Å². The third kappa shape index (κ3) is 3.69. The highest BCUT2D eigenvalue weighted by Gasteiger charge is 2.27. The zero-order valence-electron chi connectivity index (χ0n) is 11.7. The Morgan fingerprint density at radius 3 is 2.68 bits per heavy atom. The van der Waals surface area contributed by atoms with E-state index in [9.17, 15) is 9.90 Å². The van der Waals surface area contributed by atoms with Gasteiger partial charge in [-0.1, -0.05) is 31.6 Å². The molecule has 0 spiro atoms. The fraction of sp³-hybridized carbons (Fsp3) is 0.714. The SMILES string of the molecule is CCCc1nc(N(CCC)CC2CC2)sc1C(=O)O. The minimum absolute atomic E-state index is 0.425. The van der Waals surface area contributed by atoms with Crippen LogP contribution in [-0.4, -0.2) is 29.1 Å². The van der Waals surface area contributed by atoms with Crippen molar-refractivity contribution in [3.05, 3.63) is 10.6 Å². The molecule has 4 nitrogen and oxygen atoms in total. The van der Waals surface area contributed by atoms with Gasteiger partial charge in [0.15, 0.2) is 5.13 Å². The lowest BCUT2D eigenvalue weighted by atomic mass is 10.2. The van der Waals surface area contributed by atoms with Crippen LogP contribution >= 0.6 is 11.3 Å². The van der Waals surface area contributed by atoms with Crippen molar-refractivity contribution < 1.29 is 9.90 Å². The van der Waals surface area contributed by atoms with Crippen LogP contribution in [0.15, 0.2) is 0 Å². The van der Waals surface area contributed by atoms with Crippen LogP contribution in [0.4, 0.5) is 5.13 Å². The van der Waals surface area contributed by atoms with Crippen molar-refractivity contribution >= 4 is 22.4 Å². The van der Waals surface area contributed by atoms with Crippen molar-refractivity contribution in [1.29, 1.82) is 0 Å². The van der Waals surface area contributed by atoms with Crippen LogP contribution in [0.25, 0.3) is 0 Å². The molecular weight excluding hydrogens is 260 g/mol. The first-order chi connectivity index (χ1) is 9.15. The fourth-order valence-corrected chi connectivity index (χ4v) is 3.18. The van der Waals surface area contributed by atoms with E-state index >= 15 is 0 Å². The molecule has 1 aliphatic carbocycles. The molecule has 0 radical (unpaired) electrons. The van der Waals surface area contributed by atoms with E-state index < -0.39 is 5.97 Å². The second kappa shape index (κ2) is 6.37. The average molecular weight is 282 g/mol. The monoisotopic (exact) mass is 282 g/mol. The topological polar surface area (TPSA) is 53.4 Å². The molecular formula is C14H22N2O2S. The van der Waals surface area contributed by atoms with Gasteiger partial charge in [0.05, 0.1) is 5.69 Å². The molecule has 1 saturated carbocycles. The predicted octanol–water partition coefficient (Wildman–Crippen LogP) is 3.42. The van der Waals surface area contributed by atoms with E-state index in [1.807, 2.05) is 0 Å². The molecule has 1 aromatic heterocycles. The van der Waals surface area contributed by atoms with Gasteiger partial charge in [-0.3, -0.25) is 0 Å². The van der Waals surface area contributed by atoms with Gasteiger partial charge < -0.3 is 10.0 Å². The second-order valence-corrected chi connectivity index (χ2v) is 6.19. The number of aryl methyl sites for hydroxylation is 1. The maximum absolute atomic E-state index is 11.3. The van der Waals surface area contributed by atoms with E-state index in [1.54, 1.807) is 0 Å². The Kier molecular flexibility index (Phi) is 4.80. The lowest BCUT2D eigenvalue weighted by Gasteiger charge is -2.20. The number of anilines is 1. The van der Waals surface area contributed by atoms with E-state index in [4.69, 9.17) is 0 Å². The molecule has 19 heavy (non-hydrogen) atoms. The van der Waals surface area contributed by atoms with Crippen molar-refractivity contribution in [2.45, 2.75) is 46.0 Å². The molecule has 0 bridgehead atoms. The number of carboxylic acid groups (broad SMARTS) is 1. The Morgan fingerprint density at radius 2 is 2.16 bits per heavy atom. The van der Waals surface area contributed by atoms with Crippen LogP contribution in [0.1, 0.15) is 54.9 Å². The van der Waals surface area contributed by atoms with E-state index in [0.29, 0.717) is 4.88 Å². The van der Waals surface area contributed by atoms with Gasteiger partial charge in [0.1, 0.15) is 4.88 Å². The molecule has 0 amide bonds. The van der Waals surface area contributed by atoms with Crippen LogP contribution in [0.3, 0.4) is 0 Å². The summed E-state index contributed by atoms with van der Waals surface area (Å²) in [5, 5.41) is 10.2. The molecule has 5 heteroatoms. The van der Waals surface area contributed by atoms with Gasteiger partial charge in [-0.05, 0) is 31.6 Å². The Labute approximate surface area is 118 Å². The number of thiazole rings is 1. The van der Waals surface area contributed by atoms with E-state index in [-0.39, 0.29) is 0 Å². The molecule has 1 fully saturated rings. The fourth-order valence-electron chi connectivity index (χ4n) is 2.19. The zero-order chi connectivity index (χ0) is 13.8. The summed E-state index contributed by atoms with van der Waals surface area (Å²) in [6.07, 6.45) is 5.36. The number of carbonyl (C=O) groups is 1. The number of aromatic nitrogens is 1. The Bertz CT molecular complexity index is 441. The van der Waals surface area contributed by atoms with Gasteiger partial charge >= 0.3 is 5.97 Å². The van der Waals surface area contributed by atoms with Crippen molar-refractivity contribution in [2.24, 2.45) is 5.92 Å². The molecule has 0 aliphatic heterocycles. The van der Waals surface area contributed by atoms with Gasteiger partial charge in [0.25, 0.3) is 0 Å². The number of carboxylic acids is 1. The van der Waals surface area contributed by atoms with Crippen LogP contribution in [0, 0.1) is 5.92 Å². The Hall–Kier alpha value is -1.10. The van der Waals surface area contributed by atoms with E-state index in [2.05, 4.69) is 23.7 Å². The van der Waals surface area contributed by atoms with Gasteiger partial charge in [0.2, 0.25) is 0 Å². The minimum atomic E-state index is -0.838. The first kappa shape index (κ1) is 14.3. The number of nitrogens with zero attached hydrogens (tertiary/aromatic N) is 2. The quantitative estimate of drug-likeness (QED) is 0.793. The van der Waals surface area contributed by atoms with Crippen LogP contribution in [-0.2, 0) is 6.42 Å². The van der Waals surface area contributed by atoms with Gasteiger partial charge in [0, 0.05) is 13.1 Å². The summed E-state index contributed by atoms with van der Waals surface area (Å²) < 4.78 is 0. The maximum atomic E-state index is 11.3. The first-order valence-electron chi connectivity index (χ1n) is 7.13. The summed E-state index contributed by atoms with van der Waals surface area (Å²) in [5.74, 6) is -0.0478. The predicted molar refractivity (Wildman–Crippen MR) is 78.3 cm³/mol. The van der Waals surface area contributed by atoms with Crippen molar-refractivity contribution in [1.82, 2.24) is 4.98 Å². The third-order valence-corrected chi connectivity index (χ3v) is 4.45. The summed E-state index contributed by atoms with van der Waals surface area (Å²) in [7, 11) is 0. The van der Waals surface area contributed by atoms with Crippen molar-refractivity contribution in [3.63, 3.8) is 0 Å². The van der Waals surface area contributed by atoms with Gasteiger partial charge in [-0.25, -0.2) is 9.78 Å². The van der Waals surface area contributed by atoms with Crippen molar-refractivity contribution in [3.8, 4) is 0 Å². The summed E-state index contributed by atoms with van der Waals surface area (Å²) in [6, 6.07) is 0. The van der Waals surface area contributed by atoms with E-state index in [1.165, 1.54) is 24.2 Å². The molecule has 0 aromatic carbocycles. The molecule has 106 valence electrons. The van der Waals surface area contributed by atoms with Crippen LogP contribution in [0.5, 0.6) is 0 Å². The standard InChI is InChI=1S/C14H22N2O2S/c1-3-5-11-12(13(17)18)19-14(15-11)16(8-4-2)9-10-6-7-10/h10H,3-9H2,1-2H3,(H,17,18). The molecule has 0 atom stereocenters. The second-order valence-electron chi connectivity index (χ2n) is 5.22. The molecule has 0 saturated heterocycles. The smallest absolute Gasteiger partial charge is 0.347 e. The highest BCUT2D eigenvalue weighted by molar-refractivity contribution is 7.17. The number of rotatable bonds is 8. The minimum Gasteiger partial charge on any atom is -0.477 e. The lowest BCUT2D eigenvalue weighted by molar-refractivity contribution is 0.0700. The normalized spacial score (nSPS) is 14.6. The molecule has 1 heterocycles. The van der Waals surface area contributed by atoms with Gasteiger partial charge in [-0.2, -0.15) is 0 Å². The molecule has 2 rings (SSSR count). The number of aromatic carboxylic acids is 1. The third-order valence-electron chi connectivity index (χ3n) is 3.31. The molecule has 1 aliphatic rings. The van der Waals surface area contributed by atoms with Gasteiger partial charge in [-0.15, -0.1) is 0 Å². The number of hydrogen-bond acceptors (Lipinski definition) is 4. The maximum Gasteiger partial charge on any atom is 0.347 e. The molecule has 1 aromatic rings. The summed E-state index contributed by atoms with van der Waals surface area (Å²) in [6.45, 7) is 6.21. The largest absolute Gasteiger partial charge is 0.477 e. The highest BCUT2D eigenvalue weighted by atomic mass is 32.1. The summed E-state index contributed by atoms with van der Waals surface area (Å²) in [5.41, 5.74) is 0.756. The summed E-state index contributed by atoms with van der Waals surface area (Å²) in [4.78, 5) is 18.6. The van der Waals surface area contributed by atoms with Crippen molar-refractivity contribution in [2.75, 3.05) is 18.0 Å². The Morgan fingerprint density at radius 1 is 1.42 bits per heavy atom. The molecule has 0 unspecified atom stereocenters. The Balaban J connectivity index is 2.19. The average Bonchev–Trinajstić information content (AvgIpc) is 3.07. The first-order valence-corrected chi connectivity index (χ1v) is 7.95. The number of hydrogen-bond donors (Lipinski definition) is 1. The lowest BCUT2D eigenvalue weighted by Crippen LogP contribution is -2.26. The summed E-state index contributed by atoms with van der Waals surface area (Å²) >= 11 is 1.34. The highest BCUT2D eigenvalue weighted by Crippen LogP contribution is 2.34. The zero-order valence-corrected chi connectivity index (χ0v) is 12.5. The van der Waals surface area contributed by atoms with E-state index in [0.717, 1.165) is 49.1 Å². The van der Waals surface area contributed by atoms with Crippen LogP contribution in [0.2, 0.25) is 0 Å². The molecule has 1 N–H and O–H groups in total.